The van der Waals surface area contributed by atoms with Crippen molar-refractivity contribution in [3.8, 4) is 0 Å². The summed E-state index contributed by atoms with van der Waals surface area (Å²) in [5.74, 6) is -1.71. The molecule has 0 aliphatic rings. The van der Waals surface area contributed by atoms with Gasteiger partial charge in [-0.3, -0.25) is 4.79 Å². The van der Waals surface area contributed by atoms with Crippen molar-refractivity contribution in [2.24, 2.45) is 5.73 Å². The number of carboxylic acid groups (broad SMARTS) is 1. The van der Waals surface area contributed by atoms with Gasteiger partial charge in [-0.2, -0.15) is 0 Å². The number of hydrogen-bond donors (Lipinski definition) is 1. The van der Waals surface area contributed by atoms with Crippen LogP contribution in [-0.2, 0) is 14.3 Å². The third kappa shape index (κ3) is 18.1. The number of carbonyl (C=O) groups excluding carboxylic acids is 2. The van der Waals surface area contributed by atoms with Gasteiger partial charge in [-0.15, -0.1) is 0 Å². The van der Waals surface area contributed by atoms with Crippen molar-refractivity contribution in [1.82, 2.24) is 0 Å². The van der Waals surface area contributed by atoms with Crippen LogP contribution in [0.25, 0.3) is 0 Å². The Bertz CT molecular complexity index is 300. The summed E-state index contributed by atoms with van der Waals surface area (Å²) >= 11 is 0. The first-order valence-electron chi connectivity index (χ1n) is 8.70. The Labute approximate surface area is 163 Å². The molecule has 1 atom stereocenters. The van der Waals surface area contributed by atoms with E-state index in [1.165, 1.54) is 51.4 Å². The van der Waals surface area contributed by atoms with Gasteiger partial charge in [-0.05, 0) is 12.8 Å². The Balaban J connectivity index is 0. The van der Waals surface area contributed by atoms with Crippen LogP contribution < -0.4 is 40.4 Å². The molecular formula is C17H32NNaO4. The number of unbranched alkanes of at least 4 members (excludes halogenated alkanes) is 9. The number of aliphatic carboxylic acids is 1. The minimum absolute atomic E-state index is 0. The van der Waals surface area contributed by atoms with Gasteiger partial charge in [-0.25, -0.2) is 0 Å². The maximum absolute atomic E-state index is 11.3. The van der Waals surface area contributed by atoms with E-state index in [2.05, 4.69) is 6.92 Å². The van der Waals surface area contributed by atoms with E-state index in [4.69, 9.17) is 10.5 Å². The Hall–Kier alpha value is -0.100. The number of hydrogen-bond acceptors (Lipinski definition) is 5. The SMILES string of the molecule is CCCCCCCCCCCCOC(=O)CC[C@H](N)C(=O)[O-].[Na+]. The van der Waals surface area contributed by atoms with Crippen LogP contribution in [0.3, 0.4) is 0 Å². The third-order valence-corrected chi connectivity index (χ3v) is 3.72. The second kappa shape index (κ2) is 18.2. The Kier molecular flexibility index (Phi) is 19.9. The Morgan fingerprint density at radius 2 is 1.43 bits per heavy atom. The van der Waals surface area contributed by atoms with Crippen LogP contribution in [0.5, 0.6) is 0 Å². The molecule has 0 amide bonds. The number of esters is 1. The molecule has 0 bridgehead atoms. The van der Waals surface area contributed by atoms with Crippen molar-refractivity contribution in [2.45, 2.75) is 90.0 Å². The van der Waals surface area contributed by atoms with Gasteiger partial charge in [0.1, 0.15) is 0 Å². The summed E-state index contributed by atoms with van der Waals surface area (Å²) in [4.78, 5) is 21.7. The molecule has 0 aliphatic carbocycles. The van der Waals surface area contributed by atoms with Crippen LogP contribution in [-0.4, -0.2) is 24.6 Å². The van der Waals surface area contributed by atoms with Crippen molar-refractivity contribution in [2.75, 3.05) is 6.61 Å². The number of carboxylic acids is 1. The van der Waals surface area contributed by atoms with Gasteiger partial charge in [0.05, 0.1) is 12.6 Å². The van der Waals surface area contributed by atoms with Gasteiger partial charge in [0.2, 0.25) is 0 Å². The summed E-state index contributed by atoms with van der Waals surface area (Å²) in [6.45, 7) is 2.64. The summed E-state index contributed by atoms with van der Waals surface area (Å²) in [5, 5.41) is 10.4. The fourth-order valence-electron chi connectivity index (χ4n) is 2.24. The molecule has 0 saturated carbocycles. The number of ether oxygens (including phenoxy) is 1. The molecule has 0 aliphatic heterocycles. The fraction of sp³-hybridized carbons (Fsp3) is 0.882. The summed E-state index contributed by atoms with van der Waals surface area (Å²) in [5.41, 5.74) is 5.26. The number of nitrogens with two attached hydrogens (primary N) is 1. The maximum Gasteiger partial charge on any atom is 1.00 e. The normalized spacial score (nSPS) is 11.6. The molecule has 130 valence electrons. The molecule has 2 N–H and O–H groups in total. The van der Waals surface area contributed by atoms with Crippen LogP contribution in [0.1, 0.15) is 84.0 Å². The van der Waals surface area contributed by atoms with E-state index in [1.807, 2.05) is 0 Å². The van der Waals surface area contributed by atoms with E-state index in [9.17, 15) is 14.7 Å². The van der Waals surface area contributed by atoms with Crippen LogP contribution in [0.2, 0.25) is 0 Å². The van der Waals surface area contributed by atoms with Crippen molar-refractivity contribution < 1.29 is 49.0 Å². The van der Waals surface area contributed by atoms with E-state index in [-0.39, 0.29) is 48.4 Å². The van der Waals surface area contributed by atoms with Gasteiger partial charge in [0.15, 0.2) is 0 Å². The minimum Gasteiger partial charge on any atom is -0.548 e. The first kappa shape index (κ1) is 25.1. The van der Waals surface area contributed by atoms with Gasteiger partial charge in [0.25, 0.3) is 0 Å². The molecular weight excluding hydrogens is 305 g/mol. The van der Waals surface area contributed by atoms with Crippen LogP contribution in [0.4, 0.5) is 0 Å². The molecule has 0 unspecified atom stereocenters. The fourth-order valence-corrected chi connectivity index (χ4v) is 2.24. The van der Waals surface area contributed by atoms with Crippen LogP contribution in [0.15, 0.2) is 0 Å². The zero-order chi connectivity index (χ0) is 16.6. The van der Waals surface area contributed by atoms with E-state index < -0.39 is 12.0 Å². The molecule has 0 heterocycles. The average Bonchev–Trinajstić information content (AvgIpc) is 2.50. The van der Waals surface area contributed by atoms with Crippen LogP contribution >= 0.6 is 0 Å². The summed E-state index contributed by atoms with van der Waals surface area (Å²) in [6.07, 6.45) is 12.4. The van der Waals surface area contributed by atoms with E-state index in [0.717, 1.165) is 12.8 Å². The van der Waals surface area contributed by atoms with Crippen molar-refractivity contribution in [1.29, 1.82) is 0 Å². The van der Waals surface area contributed by atoms with Gasteiger partial charge in [0, 0.05) is 12.5 Å². The van der Waals surface area contributed by atoms with Crippen molar-refractivity contribution in [3.63, 3.8) is 0 Å². The summed E-state index contributed by atoms with van der Waals surface area (Å²) < 4.78 is 5.04. The molecule has 0 radical (unpaired) electrons. The van der Waals surface area contributed by atoms with Crippen molar-refractivity contribution in [3.05, 3.63) is 0 Å². The first-order chi connectivity index (χ1) is 10.6. The molecule has 0 spiro atoms. The second-order valence-corrected chi connectivity index (χ2v) is 5.87. The maximum atomic E-state index is 11.3. The van der Waals surface area contributed by atoms with Crippen LogP contribution in [0, 0.1) is 0 Å². The average molecular weight is 337 g/mol. The molecule has 6 heteroatoms. The molecule has 0 aromatic heterocycles. The predicted octanol–water partition coefficient (Wildman–Crippen LogP) is -0.688. The second-order valence-electron chi connectivity index (χ2n) is 5.87. The Morgan fingerprint density at radius 3 is 1.91 bits per heavy atom. The van der Waals surface area contributed by atoms with Crippen molar-refractivity contribution >= 4 is 11.9 Å². The Morgan fingerprint density at radius 1 is 0.957 bits per heavy atom. The molecule has 5 nitrogen and oxygen atoms in total. The third-order valence-electron chi connectivity index (χ3n) is 3.72. The van der Waals surface area contributed by atoms with Gasteiger partial charge in [-0.1, -0.05) is 64.7 Å². The smallest absolute Gasteiger partial charge is 0.548 e. The molecule has 0 aromatic carbocycles. The quantitative estimate of drug-likeness (QED) is 0.243. The van der Waals surface area contributed by atoms with E-state index in [1.54, 1.807) is 0 Å². The standard InChI is InChI=1S/C17H33NO4.Na/c1-2-3-4-5-6-7-8-9-10-11-14-22-16(19)13-12-15(18)17(20)21;/h15H,2-14,18H2,1H3,(H,20,21);/q;+1/p-1/t15-;/m0./s1. The van der Waals surface area contributed by atoms with Gasteiger partial charge < -0.3 is 20.4 Å². The zero-order valence-corrected chi connectivity index (χ0v) is 17.0. The first-order valence-corrected chi connectivity index (χ1v) is 8.70. The monoisotopic (exact) mass is 337 g/mol. The summed E-state index contributed by atoms with van der Waals surface area (Å²) in [6, 6.07) is -1.09. The summed E-state index contributed by atoms with van der Waals surface area (Å²) in [7, 11) is 0. The minimum atomic E-state index is -1.33. The van der Waals surface area contributed by atoms with E-state index >= 15 is 0 Å². The molecule has 0 rings (SSSR count). The molecule has 0 aromatic rings. The van der Waals surface area contributed by atoms with Gasteiger partial charge >= 0.3 is 35.5 Å². The number of carbonyl (C=O) groups is 2. The zero-order valence-electron chi connectivity index (χ0n) is 15.0. The number of rotatable bonds is 15. The molecule has 23 heavy (non-hydrogen) atoms. The predicted molar refractivity (Wildman–Crippen MR) is 85.0 cm³/mol. The molecule has 0 fully saturated rings. The molecule has 0 saturated heterocycles. The van der Waals surface area contributed by atoms with E-state index in [0.29, 0.717) is 6.61 Å². The topological polar surface area (TPSA) is 92.5 Å². The largest absolute Gasteiger partial charge is 1.00 e.